The van der Waals surface area contributed by atoms with E-state index in [0.29, 0.717) is 36.4 Å². The Hall–Kier alpha value is -3.62. The fourth-order valence-corrected chi connectivity index (χ4v) is 7.10. The Kier molecular flexibility index (Phi) is 9.45. The molecular weight excluding hydrogens is 677 g/mol. The number of phenolic OH excluding ortho intramolecular Hbond substituents is 1. The number of phenols is 1. The highest BCUT2D eigenvalue weighted by molar-refractivity contribution is 6.46. The first kappa shape index (κ1) is 33.7. The number of carbonyl (C=O) groups is 1. The van der Waals surface area contributed by atoms with E-state index in [9.17, 15) is 24.3 Å². The molecule has 1 amide bonds. The van der Waals surface area contributed by atoms with E-state index < -0.39 is 33.2 Å². The molecule has 46 heavy (non-hydrogen) atoms. The van der Waals surface area contributed by atoms with Crippen LogP contribution in [0.25, 0.3) is 22.3 Å². The Morgan fingerprint density at radius 1 is 1.20 bits per heavy atom. The van der Waals surface area contributed by atoms with Crippen LogP contribution in [0.5, 0.6) is 5.75 Å². The summed E-state index contributed by atoms with van der Waals surface area (Å²) in [5.41, 5.74) is 0.0112. The maximum Gasteiger partial charge on any atom is 0.272 e. The van der Waals surface area contributed by atoms with Gasteiger partial charge in [-0.15, -0.1) is 0 Å². The van der Waals surface area contributed by atoms with Crippen LogP contribution in [0.2, 0.25) is 20.1 Å². The Labute approximate surface area is 284 Å². The number of hydrogen-bond donors (Lipinski definition) is 1. The van der Waals surface area contributed by atoms with E-state index >= 15 is 0 Å². The number of benzene rings is 1. The quantitative estimate of drug-likeness (QED) is 0.168. The lowest BCUT2D eigenvalue weighted by atomic mass is 9.88. The minimum absolute atomic E-state index is 0.0401. The number of carbonyl (C=O) groups excluding carboxylic acids is 1. The summed E-state index contributed by atoms with van der Waals surface area (Å²) in [5.74, 6) is -2.40. The number of pyridine rings is 2. The van der Waals surface area contributed by atoms with Gasteiger partial charge in [-0.2, -0.15) is 5.26 Å². The zero-order valence-corrected chi connectivity index (χ0v) is 28.3. The molecule has 1 aromatic carbocycles. The molecule has 0 radical (unpaired) electrons. The largest absolute Gasteiger partial charge is 0.506 e. The highest BCUT2D eigenvalue weighted by Gasteiger charge is 2.36. The summed E-state index contributed by atoms with van der Waals surface area (Å²) in [6, 6.07) is 2.71. The van der Waals surface area contributed by atoms with E-state index in [-0.39, 0.29) is 56.3 Å². The third-order valence-electron chi connectivity index (χ3n) is 8.39. The van der Waals surface area contributed by atoms with Gasteiger partial charge in [-0.3, -0.25) is 19.1 Å². The molecule has 0 spiro atoms. The van der Waals surface area contributed by atoms with Crippen molar-refractivity contribution in [2.45, 2.75) is 39.8 Å². The maximum atomic E-state index is 14.6. The summed E-state index contributed by atoms with van der Waals surface area (Å²) >= 11 is 25.5. The molecule has 2 aromatic heterocycles. The van der Waals surface area contributed by atoms with Crippen LogP contribution < -0.4 is 10.5 Å². The summed E-state index contributed by atoms with van der Waals surface area (Å²) in [4.78, 5) is 39.9. The average Bonchev–Trinajstić information content (AvgIpc) is 3.02. The maximum absolute atomic E-state index is 14.6. The van der Waals surface area contributed by atoms with Gasteiger partial charge in [-0.25, -0.2) is 9.37 Å². The molecule has 14 heteroatoms. The van der Waals surface area contributed by atoms with Crippen molar-refractivity contribution in [2.75, 3.05) is 24.5 Å². The number of allylic oxidation sites excluding steroid dienone is 1. The van der Waals surface area contributed by atoms with Crippen LogP contribution >= 0.6 is 46.4 Å². The van der Waals surface area contributed by atoms with E-state index in [4.69, 9.17) is 51.4 Å². The molecular formula is C32H29Cl4FN6O3. The minimum atomic E-state index is -1.12. The molecule has 2 aliphatic heterocycles. The number of aromatic nitrogens is 2. The molecule has 2 unspecified atom stereocenters. The number of hydrogen-bond acceptors (Lipinski definition) is 7. The van der Waals surface area contributed by atoms with Crippen LogP contribution in [0.3, 0.4) is 0 Å². The highest BCUT2D eigenvalue weighted by Crippen LogP contribution is 2.49. The van der Waals surface area contributed by atoms with Gasteiger partial charge < -0.3 is 14.9 Å². The average molecular weight is 706 g/mol. The smallest absolute Gasteiger partial charge is 0.272 e. The van der Waals surface area contributed by atoms with E-state index in [1.807, 2.05) is 38.7 Å². The second-order valence-electron chi connectivity index (χ2n) is 11.6. The van der Waals surface area contributed by atoms with Crippen molar-refractivity contribution in [1.29, 1.82) is 5.26 Å². The zero-order chi connectivity index (χ0) is 33.8. The number of piperazine rings is 1. The zero-order valence-electron chi connectivity index (χ0n) is 25.3. The first-order chi connectivity index (χ1) is 21.7. The number of amides is 1. The Balaban J connectivity index is 1.89. The Morgan fingerprint density at radius 2 is 1.89 bits per heavy atom. The molecule has 3 atom stereocenters. The molecule has 1 N–H and O–H groups in total. The lowest BCUT2D eigenvalue weighted by molar-refractivity contribution is -0.128. The van der Waals surface area contributed by atoms with Gasteiger partial charge in [0.2, 0.25) is 5.91 Å². The van der Waals surface area contributed by atoms with Crippen LogP contribution in [-0.4, -0.2) is 56.9 Å². The van der Waals surface area contributed by atoms with Gasteiger partial charge in [0.15, 0.2) is 5.82 Å². The van der Waals surface area contributed by atoms with E-state index in [1.54, 1.807) is 11.1 Å². The second-order valence-corrected chi connectivity index (χ2v) is 13.1. The summed E-state index contributed by atoms with van der Waals surface area (Å²) in [7, 11) is 0. The third-order valence-corrected chi connectivity index (χ3v) is 9.85. The number of halogens is 5. The second kappa shape index (κ2) is 12.9. The number of nitriles is 1. The molecule has 3 aromatic rings. The summed E-state index contributed by atoms with van der Waals surface area (Å²) < 4.78 is 16.0. The third kappa shape index (κ3) is 5.43. The van der Waals surface area contributed by atoms with E-state index in [2.05, 4.69) is 17.6 Å². The molecule has 9 nitrogen and oxygen atoms in total. The predicted molar refractivity (Wildman–Crippen MR) is 181 cm³/mol. The fourth-order valence-electron chi connectivity index (χ4n) is 6.17. The van der Waals surface area contributed by atoms with Crippen molar-refractivity contribution in [3.63, 3.8) is 0 Å². The van der Waals surface area contributed by atoms with Crippen LogP contribution in [0, 0.1) is 29.0 Å². The summed E-state index contributed by atoms with van der Waals surface area (Å²) in [5, 5.41) is 20.1. The molecule has 2 aliphatic rings. The first-order valence-corrected chi connectivity index (χ1v) is 15.9. The summed E-state index contributed by atoms with van der Waals surface area (Å²) in [6.07, 6.45) is 4.78. The first-order valence-electron chi connectivity index (χ1n) is 14.4. The van der Waals surface area contributed by atoms with E-state index in [1.165, 1.54) is 16.7 Å². The number of nitrogens with zero attached hydrogens (tertiary/aromatic N) is 6. The minimum Gasteiger partial charge on any atom is -0.506 e. The number of rotatable bonds is 5. The van der Waals surface area contributed by atoms with E-state index in [0.717, 1.165) is 0 Å². The molecule has 4 heterocycles. The predicted octanol–water partition coefficient (Wildman–Crippen LogP) is 7.42. The van der Waals surface area contributed by atoms with Gasteiger partial charge in [0, 0.05) is 48.9 Å². The van der Waals surface area contributed by atoms with Gasteiger partial charge in [-0.1, -0.05) is 79.8 Å². The van der Waals surface area contributed by atoms with Gasteiger partial charge in [0.1, 0.15) is 28.1 Å². The van der Waals surface area contributed by atoms with Crippen molar-refractivity contribution in [2.24, 2.45) is 16.8 Å². The van der Waals surface area contributed by atoms with Gasteiger partial charge in [0.05, 0.1) is 38.1 Å². The van der Waals surface area contributed by atoms with Crippen LogP contribution in [0.4, 0.5) is 10.1 Å². The van der Waals surface area contributed by atoms with Crippen molar-refractivity contribution >= 4 is 74.7 Å². The van der Waals surface area contributed by atoms with Gasteiger partial charge in [0.25, 0.3) is 5.56 Å². The van der Waals surface area contributed by atoms with Crippen LogP contribution in [-0.2, 0) is 4.79 Å². The Bertz CT molecular complexity index is 1940. The normalized spacial score (nSPS) is 19.8. The van der Waals surface area contributed by atoms with Crippen molar-refractivity contribution in [3.05, 3.63) is 72.8 Å². The SMILES string of the molecule is C=CC(=O)N1CCN(c2c(C#N)c(=O)n(C3C(C(C)C)=NC=CC3C)c3nc(-c4c(O)c(Cl)c(F)c(Cl)c4Cl)c(Cl)cc23)C[C@H]1C. The molecule has 5 rings (SSSR count). The molecule has 1 saturated heterocycles. The molecule has 0 saturated carbocycles. The van der Waals surface area contributed by atoms with Crippen LogP contribution in [0.1, 0.15) is 39.3 Å². The lowest BCUT2D eigenvalue weighted by Gasteiger charge is -2.41. The van der Waals surface area contributed by atoms with Crippen LogP contribution in [0.15, 0.2) is 40.8 Å². The van der Waals surface area contributed by atoms with Crippen molar-refractivity contribution in [1.82, 2.24) is 14.5 Å². The molecule has 1 fully saturated rings. The molecule has 0 bridgehead atoms. The number of aromatic hydroxyl groups is 1. The summed E-state index contributed by atoms with van der Waals surface area (Å²) in [6.45, 7) is 12.2. The van der Waals surface area contributed by atoms with Gasteiger partial charge >= 0.3 is 0 Å². The molecule has 0 aliphatic carbocycles. The molecule has 240 valence electrons. The number of anilines is 1. The number of aliphatic imine (C=N–C) groups is 1. The topological polar surface area (TPSA) is 115 Å². The highest BCUT2D eigenvalue weighted by atomic mass is 35.5. The van der Waals surface area contributed by atoms with Crippen molar-refractivity contribution < 1.29 is 14.3 Å². The monoisotopic (exact) mass is 704 g/mol. The lowest BCUT2D eigenvalue weighted by Crippen LogP contribution is -2.54. The van der Waals surface area contributed by atoms with Crippen molar-refractivity contribution in [3.8, 4) is 23.1 Å². The Morgan fingerprint density at radius 3 is 2.50 bits per heavy atom. The van der Waals surface area contributed by atoms with Gasteiger partial charge in [-0.05, 0) is 25.0 Å². The fraction of sp³-hybridized carbons (Fsp3) is 0.344. The standard InChI is InChI=1S/C32H29Cl4FN6O3/c1-6-20(44)42-10-9-41(13-16(42)5)29-17-11-19(33)27(21-22(34)23(35)25(37)24(36)30(21)45)40-31(17)43(32(46)18(29)12-38)28-15(4)7-8-39-26(28)14(2)3/h6-8,11,14-16,28,45H,1,9-10,13H2,2-5H3/t15?,16-,28?/m1/s1. The number of fused-ring (bicyclic) bond motifs is 1.